The van der Waals surface area contributed by atoms with Crippen molar-refractivity contribution >= 4 is 21.6 Å². The molecule has 0 bridgehead atoms. The molecule has 1 aromatic rings. The van der Waals surface area contributed by atoms with E-state index in [1.54, 1.807) is 12.1 Å². The number of carbonyl (C=O) groups is 1. The average Bonchev–Trinajstić information content (AvgIpc) is 2.37. The molecule has 21 heavy (non-hydrogen) atoms. The molecule has 0 spiro atoms. The Morgan fingerprint density at radius 3 is 2.29 bits per heavy atom. The lowest BCUT2D eigenvalue weighted by atomic mass is 9.88. The van der Waals surface area contributed by atoms with Crippen LogP contribution in [0.2, 0.25) is 0 Å². The second-order valence-electron chi connectivity index (χ2n) is 5.51. The first-order chi connectivity index (χ1) is 9.82. The molecule has 1 heterocycles. The Labute approximate surface area is 125 Å². The highest BCUT2D eigenvalue weighted by molar-refractivity contribution is 7.89. The Balaban J connectivity index is 2.04. The van der Waals surface area contributed by atoms with Gasteiger partial charge in [-0.25, -0.2) is 12.7 Å². The number of hydrogen-bond donors (Lipinski definition) is 2. The number of hydrogen-bond acceptors (Lipinski definition) is 4. The van der Waals surface area contributed by atoms with E-state index in [2.05, 4.69) is 10.6 Å². The molecule has 1 aliphatic heterocycles. The number of nitrogens with zero attached hydrogens (tertiary/aromatic N) is 1. The summed E-state index contributed by atoms with van der Waals surface area (Å²) in [4.78, 5) is 12.3. The minimum atomic E-state index is -3.43. The fraction of sp³-hybridized carbons (Fsp3) is 0.500. The van der Waals surface area contributed by atoms with Gasteiger partial charge in [0.25, 0.3) is 0 Å². The van der Waals surface area contributed by atoms with E-state index in [1.165, 1.54) is 26.2 Å². The number of rotatable bonds is 5. The van der Waals surface area contributed by atoms with E-state index < -0.39 is 10.0 Å². The summed E-state index contributed by atoms with van der Waals surface area (Å²) in [6, 6.07) is 6.22. The first kappa shape index (κ1) is 15.9. The molecule has 6 nitrogen and oxygen atoms in total. The van der Waals surface area contributed by atoms with Gasteiger partial charge in [0.05, 0.1) is 4.90 Å². The van der Waals surface area contributed by atoms with E-state index in [0.717, 1.165) is 17.4 Å². The van der Waals surface area contributed by atoms with Crippen LogP contribution < -0.4 is 10.6 Å². The largest absolute Gasteiger partial charge is 0.326 e. The van der Waals surface area contributed by atoms with E-state index in [-0.39, 0.29) is 16.7 Å². The minimum absolute atomic E-state index is 0.0373. The molecule has 1 aliphatic rings. The van der Waals surface area contributed by atoms with E-state index in [4.69, 9.17) is 0 Å². The van der Waals surface area contributed by atoms with Gasteiger partial charge >= 0.3 is 0 Å². The number of amides is 1. The molecule has 1 amide bonds. The summed E-state index contributed by atoms with van der Waals surface area (Å²) in [5, 5.41) is 5.97. The summed E-state index contributed by atoms with van der Waals surface area (Å²) in [5.41, 5.74) is 0.608. The lowest BCUT2D eigenvalue weighted by molar-refractivity contribution is -0.121. The molecule has 116 valence electrons. The lowest BCUT2D eigenvalue weighted by Crippen LogP contribution is -2.48. The summed E-state index contributed by atoms with van der Waals surface area (Å²) >= 11 is 0. The van der Waals surface area contributed by atoms with E-state index in [0.29, 0.717) is 11.6 Å². The quantitative estimate of drug-likeness (QED) is 0.840. The second-order valence-corrected chi connectivity index (χ2v) is 7.66. The van der Waals surface area contributed by atoms with E-state index >= 15 is 0 Å². The van der Waals surface area contributed by atoms with E-state index in [1.807, 2.05) is 6.92 Å². The minimum Gasteiger partial charge on any atom is -0.326 e. The fourth-order valence-corrected chi connectivity index (χ4v) is 2.96. The zero-order valence-corrected chi connectivity index (χ0v) is 13.3. The van der Waals surface area contributed by atoms with Crippen molar-refractivity contribution in [2.45, 2.75) is 11.8 Å². The number of nitrogens with one attached hydrogen (secondary N) is 2. The summed E-state index contributed by atoms with van der Waals surface area (Å²) < 4.78 is 25.0. The standard InChI is InChI=1S/C14H21N3O3S/c1-10(11-8-15-9-11)14(18)16-12-4-6-13(7-5-12)21(19,20)17(2)3/h4-7,10-11,15H,8-9H2,1-3H3,(H,16,18). The summed E-state index contributed by atoms with van der Waals surface area (Å²) in [5.74, 6) is 0.277. The Kier molecular flexibility index (Phi) is 4.65. The maximum absolute atomic E-state index is 12.1. The van der Waals surface area contributed by atoms with Crippen LogP contribution >= 0.6 is 0 Å². The zero-order valence-electron chi connectivity index (χ0n) is 12.5. The predicted octanol–water partition coefficient (Wildman–Crippen LogP) is 0.731. The van der Waals surface area contributed by atoms with Crippen molar-refractivity contribution in [1.82, 2.24) is 9.62 Å². The van der Waals surface area contributed by atoms with Crippen molar-refractivity contribution in [2.24, 2.45) is 11.8 Å². The summed E-state index contributed by atoms with van der Waals surface area (Å²) in [7, 11) is -0.463. The molecule has 0 aliphatic carbocycles. The average molecular weight is 311 g/mol. The van der Waals surface area contributed by atoms with Crippen molar-refractivity contribution < 1.29 is 13.2 Å². The topological polar surface area (TPSA) is 78.5 Å². The van der Waals surface area contributed by atoms with Crippen LogP contribution in [-0.2, 0) is 14.8 Å². The molecular weight excluding hydrogens is 290 g/mol. The molecule has 2 N–H and O–H groups in total. The fourth-order valence-electron chi connectivity index (χ4n) is 2.06. The Hall–Kier alpha value is -1.44. The van der Waals surface area contributed by atoms with Crippen LogP contribution in [0.25, 0.3) is 0 Å². The van der Waals surface area contributed by atoms with Gasteiger partial charge in [-0.3, -0.25) is 4.79 Å². The number of carbonyl (C=O) groups excluding carboxylic acids is 1. The maximum Gasteiger partial charge on any atom is 0.242 e. The van der Waals surface area contributed by atoms with Gasteiger partial charge < -0.3 is 10.6 Å². The highest BCUT2D eigenvalue weighted by Gasteiger charge is 2.28. The van der Waals surface area contributed by atoms with Gasteiger partial charge in [-0.15, -0.1) is 0 Å². The van der Waals surface area contributed by atoms with Crippen molar-refractivity contribution in [3.8, 4) is 0 Å². The number of anilines is 1. The molecule has 0 saturated carbocycles. The SMILES string of the molecule is CC(C(=O)Nc1ccc(S(=O)(=O)N(C)C)cc1)C1CNC1. The van der Waals surface area contributed by atoms with Gasteiger partial charge in [-0.2, -0.15) is 0 Å². The van der Waals surface area contributed by atoms with Crippen molar-refractivity contribution in [1.29, 1.82) is 0 Å². The van der Waals surface area contributed by atoms with Crippen LogP contribution in [0.1, 0.15) is 6.92 Å². The molecule has 1 fully saturated rings. The first-order valence-electron chi connectivity index (χ1n) is 6.86. The normalized spacial score (nSPS) is 17.3. The molecule has 1 aromatic carbocycles. The zero-order chi connectivity index (χ0) is 15.6. The van der Waals surface area contributed by atoms with Crippen LogP contribution in [0.15, 0.2) is 29.2 Å². The number of sulfonamides is 1. The predicted molar refractivity (Wildman–Crippen MR) is 81.5 cm³/mol. The van der Waals surface area contributed by atoms with Crippen LogP contribution in [0.3, 0.4) is 0 Å². The lowest BCUT2D eigenvalue weighted by Gasteiger charge is -2.31. The highest BCUT2D eigenvalue weighted by Crippen LogP contribution is 2.20. The van der Waals surface area contributed by atoms with Gasteiger partial charge in [0.15, 0.2) is 0 Å². The van der Waals surface area contributed by atoms with Crippen LogP contribution in [0.5, 0.6) is 0 Å². The smallest absolute Gasteiger partial charge is 0.242 e. The van der Waals surface area contributed by atoms with Crippen LogP contribution in [0, 0.1) is 11.8 Å². The molecule has 2 rings (SSSR count). The van der Waals surface area contributed by atoms with Gasteiger partial charge in [-0.05, 0) is 43.3 Å². The monoisotopic (exact) mass is 311 g/mol. The van der Waals surface area contributed by atoms with Crippen molar-refractivity contribution in [3.05, 3.63) is 24.3 Å². The maximum atomic E-state index is 12.1. The number of benzene rings is 1. The van der Waals surface area contributed by atoms with E-state index in [9.17, 15) is 13.2 Å². The molecular formula is C14H21N3O3S. The molecule has 0 aromatic heterocycles. The van der Waals surface area contributed by atoms with Crippen LogP contribution in [0.4, 0.5) is 5.69 Å². The van der Waals surface area contributed by atoms with Gasteiger partial charge in [0.1, 0.15) is 0 Å². The highest BCUT2D eigenvalue weighted by atomic mass is 32.2. The van der Waals surface area contributed by atoms with Gasteiger partial charge in [0.2, 0.25) is 15.9 Å². The third-order valence-corrected chi connectivity index (χ3v) is 5.66. The van der Waals surface area contributed by atoms with Crippen molar-refractivity contribution in [2.75, 3.05) is 32.5 Å². The Bertz CT molecular complexity index is 607. The third-order valence-electron chi connectivity index (χ3n) is 3.83. The first-order valence-corrected chi connectivity index (χ1v) is 8.30. The van der Waals surface area contributed by atoms with Gasteiger partial charge in [-0.1, -0.05) is 6.92 Å². The Morgan fingerprint density at radius 1 is 1.29 bits per heavy atom. The molecule has 0 radical (unpaired) electrons. The molecule has 1 atom stereocenters. The Morgan fingerprint density at radius 2 is 1.86 bits per heavy atom. The molecule has 1 unspecified atom stereocenters. The van der Waals surface area contributed by atoms with Gasteiger partial charge in [0, 0.05) is 25.7 Å². The van der Waals surface area contributed by atoms with Crippen molar-refractivity contribution in [3.63, 3.8) is 0 Å². The molecule has 1 saturated heterocycles. The summed E-state index contributed by atoms with van der Waals surface area (Å²) in [6.45, 7) is 3.65. The summed E-state index contributed by atoms with van der Waals surface area (Å²) in [6.07, 6.45) is 0. The molecule has 7 heteroatoms. The second kappa shape index (κ2) is 6.13. The van der Waals surface area contributed by atoms with Crippen LogP contribution in [-0.4, -0.2) is 45.8 Å². The third kappa shape index (κ3) is 3.42.